The molecular formula is C21H38BN3O8. The molecule has 4 N–H and O–H groups in total. The van der Waals surface area contributed by atoms with Gasteiger partial charge in [-0.05, 0) is 39.2 Å². The van der Waals surface area contributed by atoms with Crippen molar-refractivity contribution >= 4 is 25.2 Å². The lowest BCUT2D eigenvalue weighted by atomic mass is 9.77. The SMILES string of the molecule is CC(OC(=O)C(C(C)C)N(C)C)OC(=O)N1CC[C@H]2[C@@H]1CN[C@@]2(CCCCB(O)O)C(=O)O. The Morgan fingerprint density at radius 2 is 1.85 bits per heavy atom. The molecule has 188 valence electrons. The van der Waals surface area contributed by atoms with E-state index in [9.17, 15) is 19.5 Å². The van der Waals surface area contributed by atoms with Gasteiger partial charge in [0.1, 0.15) is 11.6 Å². The number of likely N-dealkylation sites (N-methyl/N-ethyl adjacent to an activating group) is 1. The van der Waals surface area contributed by atoms with Crippen LogP contribution in [0.1, 0.15) is 46.5 Å². The van der Waals surface area contributed by atoms with Crippen LogP contribution in [0.25, 0.3) is 0 Å². The molecule has 0 saturated carbocycles. The minimum atomic E-state index is -1.41. The van der Waals surface area contributed by atoms with Crippen molar-refractivity contribution in [3.8, 4) is 0 Å². The lowest BCUT2D eigenvalue weighted by Gasteiger charge is -2.31. The number of nitrogens with one attached hydrogen (secondary N) is 1. The summed E-state index contributed by atoms with van der Waals surface area (Å²) >= 11 is 0. The highest BCUT2D eigenvalue weighted by Gasteiger charge is 2.58. The molecule has 0 bridgehead atoms. The van der Waals surface area contributed by atoms with Gasteiger partial charge in [-0.2, -0.15) is 0 Å². The van der Waals surface area contributed by atoms with E-state index in [0.717, 1.165) is 0 Å². The van der Waals surface area contributed by atoms with Crippen LogP contribution in [-0.4, -0.2) is 101 Å². The minimum absolute atomic E-state index is 0.0177. The number of carbonyl (C=O) groups excluding carboxylic acids is 2. The first-order chi connectivity index (χ1) is 15.4. The van der Waals surface area contributed by atoms with Gasteiger partial charge in [0.15, 0.2) is 0 Å². The minimum Gasteiger partial charge on any atom is -0.480 e. The Morgan fingerprint density at radius 3 is 2.39 bits per heavy atom. The van der Waals surface area contributed by atoms with Gasteiger partial charge in [-0.1, -0.05) is 26.7 Å². The first-order valence-corrected chi connectivity index (χ1v) is 11.6. The fourth-order valence-electron chi connectivity index (χ4n) is 5.22. The second-order valence-electron chi connectivity index (χ2n) is 9.58. The van der Waals surface area contributed by atoms with Crippen molar-refractivity contribution in [1.29, 1.82) is 0 Å². The second-order valence-corrected chi connectivity index (χ2v) is 9.58. The maximum Gasteiger partial charge on any atom is 0.451 e. The lowest BCUT2D eigenvalue weighted by Crippen LogP contribution is -2.52. The van der Waals surface area contributed by atoms with Gasteiger partial charge in [0.25, 0.3) is 0 Å². The molecule has 33 heavy (non-hydrogen) atoms. The smallest absolute Gasteiger partial charge is 0.451 e. The fraction of sp³-hybridized carbons (Fsp3) is 0.857. The Labute approximate surface area is 195 Å². The molecule has 0 radical (unpaired) electrons. The Morgan fingerprint density at radius 1 is 1.18 bits per heavy atom. The number of ether oxygens (including phenoxy) is 2. The van der Waals surface area contributed by atoms with Gasteiger partial charge in [0, 0.05) is 25.9 Å². The number of carbonyl (C=O) groups is 3. The molecule has 5 atom stereocenters. The molecule has 0 aromatic heterocycles. The van der Waals surface area contributed by atoms with Gasteiger partial charge in [-0.3, -0.25) is 19.8 Å². The van der Waals surface area contributed by atoms with Crippen molar-refractivity contribution in [3.63, 3.8) is 0 Å². The zero-order valence-electron chi connectivity index (χ0n) is 20.2. The number of hydrogen-bond donors (Lipinski definition) is 4. The second kappa shape index (κ2) is 11.5. The van der Waals surface area contributed by atoms with Crippen molar-refractivity contribution in [1.82, 2.24) is 15.1 Å². The van der Waals surface area contributed by atoms with Crippen LogP contribution < -0.4 is 5.32 Å². The number of amides is 1. The largest absolute Gasteiger partial charge is 0.480 e. The average molecular weight is 471 g/mol. The van der Waals surface area contributed by atoms with Crippen molar-refractivity contribution in [2.45, 2.75) is 76.7 Å². The van der Waals surface area contributed by atoms with Crippen molar-refractivity contribution in [2.24, 2.45) is 11.8 Å². The Hall–Kier alpha value is -1.89. The molecule has 12 heteroatoms. The summed E-state index contributed by atoms with van der Waals surface area (Å²) in [6.07, 6.45) is 0.310. The normalized spacial score (nSPS) is 26.3. The number of rotatable bonds is 11. The van der Waals surface area contributed by atoms with Crippen LogP contribution in [0.15, 0.2) is 0 Å². The third kappa shape index (κ3) is 6.37. The molecule has 2 heterocycles. The maximum absolute atomic E-state index is 12.8. The number of esters is 1. The summed E-state index contributed by atoms with van der Waals surface area (Å²) in [4.78, 5) is 40.7. The zero-order valence-corrected chi connectivity index (χ0v) is 20.2. The molecule has 0 spiro atoms. The summed E-state index contributed by atoms with van der Waals surface area (Å²) in [6, 6.07) is -0.811. The molecular weight excluding hydrogens is 433 g/mol. The number of aliphatic carboxylic acids is 1. The Balaban J connectivity index is 1.97. The molecule has 2 aliphatic heterocycles. The predicted molar refractivity (Wildman–Crippen MR) is 120 cm³/mol. The first kappa shape index (κ1) is 27.4. The third-order valence-electron chi connectivity index (χ3n) is 6.68. The monoisotopic (exact) mass is 471 g/mol. The molecule has 2 fully saturated rings. The van der Waals surface area contributed by atoms with Crippen LogP contribution >= 0.6 is 0 Å². The van der Waals surface area contributed by atoms with E-state index in [2.05, 4.69) is 5.32 Å². The number of fused-ring (bicyclic) bond motifs is 1. The van der Waals surface area contributed by atoms with E-state index in [4.69, 9.17) is 19.5 Å². The molecule has 2 unspecified atom stereocenters. The number of nitrogens with zero attached hydrogens (tertiary/aromatic N) is 2. The quantitative estimate of drug-likeness (QED) is 0.144. The molecule has 0 aromatic rings. The highest BCUT2D eigenvalue weighted by molar-refractivity contribution is 6.40. The summed E-state index contributed by atoms with van der Waals surface area (Å²) in [5.74, 6) is -1.72. The summed E-state index contributed by atoms with van der Waals surface area (Å²) in [5.41, 5.74) is -1.17. The van der Waals surface area contributed by atoms with Gasteiger partial charge in [-0.25, -0.2) is 4.79 Å². The van der Waals surface area contributed by atoms with Gasteiger partial charge in [0.2, 0.25) is 6.29 Å². The van der Waals surface area contributed by atoms with E-state index in [1.165, 1.54) is 11.8 Å². The lowest BCUT2D eigenvalue weighted by molar-refractivity contribution is -0.173. The standard InChI is InChI=1S/C21H38BN3O8/c1-13(2)17(24(4)5)18(26)32-14(3)33-20(29)25-11-8-15-16(25)12-23-21(15,19(27)28)9-6-7-10-22(30)31/h13-17,23,30-31H,6-12H2,1-5H3,(H,27,28)/t14?,15-,16-,17?,21+/m0/s1. The van der Waals surface area contributed by atoms with E-state index in [0.29, 0.717) is 38.8 Å². The van der Waals surface area contributed by atoms with Crippen LogP contribution in [0.5, 0.6) is 0 Å². The Bertz CT molecular complexity index is 699. The van der Waals surface area contributed by atoms with Gasteiger partial charge < -0.3 is 29.5 Å². The van der Waals surface area contributed by atoms with E-state index in [1.54, 1.807) is 19.0 Å². The van der Waals surface area contributed by atoms with Crippen LogP contribution in [-0.2, 0) is 19.1 Å². The van der Waals surface area contributed by atoms with Crippen LogP contribution in [0, 0.1) is 11.8 Å². The third-order valence-corrected chi connectivity index (χ3v) is 6.68. The van der Waals surface area contributed by atoms with E-state index in [1.807, 2.05) is 13.8 Å². The number of unbranched alkanes of at least 4 members (excludes halogenated alkanes) is 1. The molecule has 1 amide bonds. The highest BCUT2D eigenvalue weighted by Crippen LogP contribution is 2.41. The fourth-order valence-corrected chi connectivity index (χ4v) is 5.22. The predicted octanol–water partition coefficient (Wildman–Crippen LogP) is 0.359. The molecule has 2 saturated heterocycles. The summed E-state index contributed by atoms with van der Waals surface area (Å²) in [5, 5.41) is 31.1. The van der Waals surface area contributed by atoms with Gasteiger partial charge >= 0.3 is 25.2 Å². The Kier molecular flexibility index (Phi) is 9.53. The van der Waals surface area contributed by atoms with Crippen molar-refractivity contribution in [2.75, 3.05) is 27.2 Å². The number of carboxylic acids is 1. The highest BCUT2D eigenvalue weighted by atomic mass is 16.7. The van der Waals surface area contributed by atoms with Gasteiger partial charge in [-0.15, -0.1) is 0 Å². The summed E-state index contributed by atoms with van der Waals surface area (Å²) in [7, 11) is 2.15. The summed E-state index contributed by atoms with van der Waals surface area (Å²) in [6.45, 7) is 5.97. The van der Waals surface area contributed by atoms with E-state index in [-0.39, 0.29) is 24.2 Å². The number of likely N-dealkylation sites (tertiary alicyclic amines) is 1. The average Bonchev–Trinajstić information content (AvgIpc) is 3.25. The topological polar surface area (TPSA) is 149 Å². The van der Waals surface area contributed by atoms with Crippen molar-refractivity contribution in [3.05, 3.63) is 0 Å². The molecule has 2 rings (SSSR count). The number of carboxylic acid groups (broad SMARTS) is 1. The van der Waals surface area contributed by atoms with Crippen molar-refractivity contribution < 1.29 is 39.0 Å². The van der Waals surface area contributed by atoms with E-state index < -0.39 is 43.0 Å². The summed E-state index contributed by atoms with van der Waals surface area (Å²) < 4.78 is 10.7. The van der Waals surface area contributed by atoms with E-state index >= 15 is 0 Å². The van der Waals surface area contributed by atoms with Crippen LogP contribution in [0.4, 0.5) is 4.79 Å². The molecule has 2 aliphatic rings. The molecule has 0 aliphatic carbocycles. The van der Waals surface area contributed by atoms with Gasteiger partial charge in [0.05, 0.1) is 6.04 Å². The van der Waals surface area contributed by atoms with Crippen LogP contribution in [0.2, 0.25) is 6.32 Å². The number of hydrogen-bond acceptors (Lipinski definition) is 9. The molecule has 0 aromatic carbocycles. The van der Waals surface area contributed by atoms with Crippen LogP contribution in [0.3, 0.4) is 0 Å². The molecule has 11 nitrogen and oxygen atoms in total. The maximum atomic E-state index is 12.8. The zero-order chi connectivity index (χ0) is 24.9. The first-order valence-electron chi connectivity index (χ1n) is 11.6.